The zero-order chi connectivity index (χ0) is 10.4. The van der Waals surface area contributed by atoms with E-state index in [1.54, 1.807) is 6.07 Å². The Morgan fingerprint density at radius 2 is 2.29 bits per heavy atom. The van der Waals surface area contributed by atoms with Crippen LogP contribution in [0.4, 0.5) is 4.39 Å². The third-order valence-corrected chi connectivity index (χ3v) is 2.59. The maximum Gasteiger partial charge on any atom is 0.133 e. The first-order valence-corrected chi connectivity index (χ1v) is 5.48. The Labute approximate surface area is 87.9 Å². The summed E-state index contributed by atoms with van der Waals surface area (Å²) in [5.41, 5.74) is 1.69. The van der Waals surface area contributed by atoms with E-state index in [0.717, 1.165) is 23.3 Å². The van der Waals surface area contributed by atoms with E-state index >= 15 is 0 Å². The van der Waals surface area contributed by atoms with Gasteiger partial charge in [-0.1, -0.05) is 12.1 Å². The van der Waals surface area contributed by atoms with Crippen molar-refractivity contribution < 1.29 is 4.39 Å². The first-order valence-electron chi connectivity index (χ1n) is 4.50. The molecule has 0 aliphatic heterocycles. The van der Waals surface area contributed by atoms with Crippen LogP contribution in [0.3, 0.4) is 0 Å². The minimum absolute atomic E-state index is 0.132. The minimum Gasteiger partial charge on any atom is -0.207 e. The van der Waals surface area contributed by atoms with Gasteiger partial charge in [0.1, 0.15) is 11.2 Å². The molecule has 0 spiro atoms. The van der Waals surface area contributed by atoms with E-state index in [1.807, 2.05) is 24.5 Å². The molecule has 0 aromatic heterocycles. The maximum absolute atomic E-state index is 13.3. The summed E-state index contributed by atoms with van der Waals surface area (Å²) in [6, 6.07) is 5.28. The molecule has 0 bridgehead atoms. The Bertz CT molecular complexity index is 344. The predicted molar refractivity (Wildman–Crippen MR) is 57.5 cm³/mol. The molecular formula is C11H12FNS. The van der Waals surface area contributed by atoms with E-state index in [2.05, 4.69) is 0 Å². The number of nitrogens with zero attached hydrogens (tertiary/aromatic N) is 1. The maximum atomic E-state index is 13.3. The van der Waals surface area contributed by atoms with Crippen LogP contribution < -0.4 is 0 Å². The molecular weight excluding hydrogens is 197 g/mol. The van der Waals surface area contributed by atoms with Crippen LogP contribution >= 0.6 is 11.8 Å². The van der Waals surface area contributed by atoms with Gasteiger partial charge in [0.05, 0.1) is 0 Å². The van der Waals surface area contributed by atoms with Crippen molar-refractivity contribution in [1.82, 2.24) is 0 Å². The summed E-state index contributed by atoms with van der Waals surface area (Å²) in [5.74, 6) is 0.635. The van der Waals surface area contributed by atoms with Gasteiger partial charge in [-0.15, -0.1) is 0 Å². The van der Waals surface area contributed by atoms with Crippen molar-refractivity contribution >= 4 is 11.8 Å². The molecule has 74 valence electrons. The van der Waals surface area contributed by atoms with Crippen molar-refractivity contribution in [2.24, 2.45) is 0 Å². The van der Waals surface area contributed by atoms with Crippen LogP contribution in [0.2, 0.25) is 0 Å². The lowest BCUT2D eigenvalue weighted by Crippen LogP contribution is -1.92. The van der Waals surface area contributed by atoms with Gasteiger partial charge in [-0.25, -0.2) is 4.39 Å². The van der Waals surface area contributed by atoms with Gasteiger partial charge in [0.15, 0.2) is 0 Å². The van der Waals surface area contributed by atoms with Gasteiger partial charge in [0, 0.05) is 5.75 Å². The topological polar surface area (TPSA) is 23.8 Å². The van der Waals surface area contributed by atoms with Gasteiger partial charge in [-0.3, -0.25) is 0 Å². The first-order chi connectivity index (χ1) is 6.74. The normalized spacial score (nSPS) is 9.79. The fourth-order valence-corrected chi connectivity index (χ4v) is 1.62. The zero-order valence-electron chi connectivity index (χ0n) is 8.09. The second kappa shape index (κ2) is 5.66. The molecule has 0 aliphatic carbocycles. The third kappa shape index (κ3) is 3.39. The number of benzene rings is 1. The summed E-state index contributed by atoms with van der Waals surface area (Å²) in [5, 5.41) is 10.3. The molecule has 0 saturated heterocycles. The van der Waals surface area contributed by atoms with Crippen LogP contribution in [-0.4, -0.2) is 5.75 Å². The van der Waals surface area contributed by atoms with Crippen LogP contribution in [0.25, 0.3) is 0 Å². The van der Waals surface area contributed by atoms with Crippen molar-refractivity contribution in [3.8, 4) is 5.40 Å². The molecule has 0 heterocycles. The molecule has 0 N–H and O–H groups in total. The number of rotatable bonds is 4. The average molecular weight is 209 g/mol. The van der Waals surface area contributed by atoms with E-state index in [-0.39, 0.29) is 5.82 Å². The van der Waals surface area contributed by atoms with Gasteiger partial charge in [-0.2, -0.15) is 5.26 Å². The van der Waals surface area contributed by atoms with Crippen LogP contribution in [0, 0.1) is 23.4 Å². The third-order valence-electron chi connectivity index (χ3n) is 1.97. The second-order valence-corrected chi connectivity index (χ2v) is 4.02. The van der Waals surface area contributed by atoms with Crippen molar-refractivity contribution in [2.45, 2.75) is 19.8 Å². The second-order valence-electron chi connectivity index (χ2n) is 3.14. The monoisotopic (exact) mass is 209 g/mol. The highest BCUT2D eigenvalue weighted by molar-refractivity contribution is 8.03. The highest BCUT2D eigenvalue weighted by atomic mass is 32.2. The Hall–Kier alpha value is -1.01. The van der Waals surface area contributed by atoms with Gasteiger partial charge in [-0.05, 0) is 48.7 Å². The highest BCUT2D eigenvalue weighted by Crippen LogP contribution is 2.13. The van der Waals surface area contributed by atoms with Crippen LogP contribution in [0.1, 0.15) is 17.5 Å². The molecule has 14 heavy (non-hydrogen) atoms. The molecule has 1 aromatic rings. The lowest BCUT2D eigenvalue weighted by Gasteiger charge is -2.02. The van der Waals surface area contributed by atoms with E-state index in [0.29, 0.717) is 6.42 Å². The number of halogens is 1. The summed E-state index contributed by atoms with van der Waals surface area (Å²) < 4.78 is 13.3. The Morgan fingerprint density at radius 3 is 2.93 bits per heavy atom. The molecule has 1 aromatic carbocycles. The fraction of sp³-hybridized carbons (Fsp3) is 0.364. The van der Waals surface area contributed by atoms with Crippen LogP contribution in [-0.2, 0) is 6.42 Å². The molecule has 0 fully saturated rings. The lowest BCUT2D eigenvalue weighted by atomic mass is 10.1. The molecule has 1 nitrogen and oxygen atoms in total. The fourth-order valence-electron chi connectivity index (χ4n) is 1.24. The van der Waals surface area contributed by atoms with Crippen molar-refractivity contribution in [1.29, 1.82) is 5.26 Å². The van der Waals surface area contributed by atoms with Crippen LogP contribution in [0.5, 0.6) is 0 Å². The Morgan fingerprint density at radius 1 is 1.50 bits per heavy atom. The van der Waals surface area contributed by atoms with E-state index < -0.39 is 0 Å². The number of thiocyanates is 1. The van der Waals surface area contributed by atoms with Crippen molar-refractivity contribution in [2.75, 3.05) is 5.75 Å². The number of aryl methyl sites for hydroxylation is 2. The van der Waals surface area contributed by atoms with Gasteiger partial charge < -0.3 is 0 Å². The standard InChI is InChI=1S/C11H12FNS/c1-9-4-5-10(11(12)7-9)3-2-6-14-8-13/h4-5,7H,2-3,6H2,1H3. The smallest absolute Gasteiger partial charge is 0.133 e. The Kier molecular flexibility index (Phi) is 4.48. The zero-order valence-corrected chi connectivity index (χ0v) is 8.90. The highest BCUT2D eigenvalue weighted by Gasteiger charge is 2.01. The molecule has 0 unspecified atom stereocenters. The summed E-state index contributed by atoms with van der Waals surface area (Å²) in [4.78, 5) is 0. The average Bonchev–Trinajstić information content (AvgIpc) is 2.15. The summed E-state index contributed by atoms with van der Waals surface area (Å²) in [6.07, 6.45) is 1.55. The van der Waals surface area contributed by atoms with Crippen molar-refractivity contribution in [3.63, 3.8) is 0 Å². The number of nitriles is 1. The molecule has 0 aliphatic rings. The van der Waals surface area contributed by atoms with E-state index in [1.165, 1.54) is 11.8 Å². The molecule has 0 radical (unpaired) electrons. The van der Waals surface area contributed by atoms with Gasteiger partial charge in [0.2, 0.25) is 0 Å². The van der Waals surface area contributed by atoms with E-state index in [4.69, 9.17) is 5.26 Å². The number of thioether (sulfide) groups is 1. The minimum atomic E-state index is -0.132. The Balaban J connectivity index is 2.47. The number of hydrogen-bond acceptors (Lipinski definition) is 2. The molecule has 1 rings (SSSR count). The van der Waals surface area contributed by atoms with Gasteiger partial charge in [0.25, 0.3) is 0 Å². The predicted octanol–water partition coefficient (Wildman–Crippen LogP) is 3.28. The SMILES string of the molecule is Cc1ccc(CCCSC#N)c(F)c1. The largest absolute Gasteiger partial charge is 0.207 e. The molecule has 0 amide bonds. The molecule has 0 atom stereocenters. The lowest BCUT2D eigenvalue weighted by molar-refractivity contribution is 0.606. The quantitative estimate of drug-likeness (QED) is 0.561. The molecule has 3 heteroatoms. The number of hydrogen-bond donors (Lipinski definition) is 0. The van der Waals surface area contributed by atoms with Crippen LogP contribution in [0.15, 0.2) is 18.2 Å². The summed E-state index contributed by atoms with van der Waals surface area (Å²) in [6.45, 7) is 1.87. The van der Waals surface area contributed by atoms with Crippen molar-refractivity contribution in [3.05, 3.63) is 35.1 Å². The van der Waals surface area contributed by atoms with Gasteiger partial charge >= 0.3 is 0 Å². The summed E-state index contributed by atoms with van der Waals surface area (Å²) in [7, 11) is 0. The summed E-state index contributed by atoms with van der Waals surface area (Å²) >= 11 is 1.22. The van der Waals surface area contributed by atoms with E-state index in [9.17, 15) is 4.39 Å². The first kappa shape index (κ1) is 11.1. The molecule has 0 saturated carbocycles.